The Morgan fingerprint density at radius 1 is 1.30 bits per heavy atom. The van der Waals surface area contributed by atoms with Crippen molar-refractivity contribution in [3.05, 3.63) is 0 Å². The van der Waals surface area contributed by atoms with E-state index in [1.807, 2.05) is 13.8 Å². The summed E-state index contributed by atoms with van der Waals surface area (Å²) in [6.45, 7) is 4.84. The highest BCUT2D eigenvalue weighted by Gasteiger charge is 2.28. The van der Waals surface area contributed by atoms with Crippen molar-refractivity contribution >= 4 is 18.0 Å². The Balaban J connectivity index is 2.63. The van der Waals surface area contributed by atoms with Gasteiger partial charge in [0, 0.05) is 26.1 Å². The van der Waals surface area contributed by atoms with Crippen molar-refractivity contribution in [3.63, 3.8) is 0 Å². The normalized spacial score (nSPS) is 18.7. The van der Waals surface area contributed by atoms with Crippen LogP contribution < -0.4 is 5.32 Å². The Hall–Kier alpha value is -1.83. The molecule has 132 valence electrons. The van der Waals surface area contributed by atoms with Crippen LogP contribution in [0.15, 0.2) is 0 Å². The second-order valence-electron chi connectivity index (χ2n) is 6.19. The number of carboxylic acids is 2. The minimum atomic E-state index is -1.11. The van der Waals surface area contributed by atoms with Gasteiger partial charge in [-0.2, -0.15) is 0 Å². The van der Waals surface area contributed by atoms with E-state index in [0.717, 1.165) is 12.8 Å². The van der Waals surface area contributed by atoms with E-state index >= 15 is 0 Å². The number of carboxylic acid groups (broad SMARTS) is 2. The van der Waals surface area contributed by atoms with Gasteiger partial charge in [-0.25, -0.2) is 9.59 Å². The smallest absolute Gasteiger partial charge is 0.326 e. The zero-order chi connectivity index (χ0) is 17.4. The monoisotopic (exact) mass is 330 g/mol. The highest BCUT2D eigenvalue weighted by Crippen LogP contribution is 2.17. The number of carbonyl (C=O) groups excluding carboxylic acids is 1. The molecule has 8 heteroatoms. The van der Waals surface area contributed by atoms with Crippen LogP contribution in [0.3, 0.4) is 0 Å². The van der Waals surface area contributed by atoms with Crippen molar-refractivity contribution in [2.24, 2.45) is 5.92 Å². The van der Waals surface area contributed by atoms with Crippen molar-refractivity contribution in [1.29, 1.82) is 0 Å². The molecule has 2 atom stereocenters. The van der Waals surface area contributed by atoms with Crippen molar-refractivity contribution in [2.45, 2.75) is 51.7 Å². The van der Waals surface area contributed by atoms with Crippen LogP contribution in [0.2, 0.25) is 0 Å². The molecule has 0 spiro atoms. The molecule has 23 heavy (non-hydrogen) atoms. The summed E-state index contributed by atoms with van der Waals surface area (Å²) >= 11 is 0. The fourth-order valence-electron chi connectivity index (χ4n) is 2.50. The van der Waals surface area contributed by atoms with Gasteiger partial charge in [-0.05, 0) is 18.8 Å². The summed E-state index contributed by atoms with van der Waals surface area (Å²) in [5.74, 6) is -1.96. The second kappa shape index (κ2) is 9.34. The number of nitrogens with zero attached hydrogens (tertiary/aromatic N) is 1. The fourth-order valence-corrected chi connectivity index (χ4v) is 2.50. The molecule has 3 N–H and O–H groups in total. The Bertz CT molecular complexity index is 420. The zero-order valence-electron chi connectivity index (χ0n) is 13.7. The molecular formula is C15H26N2O6. The molecule has 1 aliphatic heterocycles. The maximum absolute atomic E-state index is 12.3. The lowest BCUT2D eigenvalue weighted by Gasteiger charge is -2.27. The Kier molecular flexibility index (Phi) is 7.80. The minimum absolute atomic E-state index is 0.0472. The molecule has 0 bridgehead atoms. The maximum atomic E-state index is 12.3. The number of amides is 2. The Morgan fingerprint density at radius 2 is 2.00 bits per heavy atom. The van der Waals surface area contributed by atoms with Crippen LogP contribution in [0.1, 0.15) is 39.5 Å². The Morgan fingerprint density at radius 3 is 2.48 bits per heavy atom. The van der Waals surface area contributed by atoms with Gasteiger partial charge in [0.1, 0.15) is 6.04 Å². The predicted octanol–water partition coefficient (Wildman–Crippen LogP) is 1.15. The molecule has 1 fully saturated rings. The van der Waals surface area contributed by atoms with E-state index in [0.29, 0.717) is 13.2 Å². The van der Waals surface area contributed by atoms with Crippen LogP contribution in [0.25, 0.3) is 0 Å². The van der Waals surface area contributed by atoms with Crippen molar-refractivity contribution in [3.8, 4) is 0 Å². The zero-order valence-corrected chi connectivity index (χ0v) is 13.7. The van der Waals surface area contributed by atoms with E-state index in [2.05, 4.69) is 5.32 Å². The molecule has 0 aliphatic carbocycles. The van der Waals surface area contributed by atoms with Crippen molar-refractivity contribution < 1.29 is 29.3 Å². The van der Waals surface area contributed by atoms with Gasteiger partial charge < -0.3 is 25.2 Å². The quantitative estimate of drug-likeness (QED) is 0.584. The third-order valence-corrected chi connectivity index (χ3v) is 3.59. The number of ether oxygens (including phenoxy) is 1. The number of rotatable bonds is 9. The topological polar surface area (TPSA) is 116 Å². The largest absolute Gasteiger partial charge is 0.481 e. The first kappa shape index (κ1) is 19.2. The summed E-state index contributed by atoms with van der Waals surface area (Å²) in [6.07, 6.45) is 1.56. The number of aliphatic carboxylic acids is 2. The lowest BCUT2D eigenvalue weighted by molar-refractivity contribution is -0.140. The molecule has 1 rings (SSSR count). The van der Waals surface area contributed by atoms with E-state index in [4.69, 9.17) is 9.84 Å². The molecule has 0 radical (unpaired) electrons. The molecule has 1 heterocycles. The number of carbonyl (C=O) groups is 3. The maximum Gasteiger partial charge on any atom is 0.326 e. The molecule has 0 aromatic heterocycles. The van der Waals surface area contributed by atoms with Crippen LogP contribution in [0, 0.1) is 5.92 Å². The fraction of sp³-hybridized carbons (Fsp3) is 0.800. The molecule has 0 saturated carbocycles. The SMILES string of the molecule is CC(C)CN(CCC(=O)O)C(=O)N[C@@H](CC1CCCO1)C(=O)O. The first-order chi connectivity index (χ1) is 10.8. The summed E-state index contributed by atoms with van der Waals surface area (Å²) in [6, 6.07) is -1.59. The highest BCUT2D eigenvalue weighted by molar-refractivity contribution is 5.82. The van der Waals surface area contributed by atoms with Gasteiger partial charge in [0.2, 0.25) is 0 Å². The summed E-state index contributed by atoms with van der Waals surface area (Å²) in [4.78, 5) is 35.7. The lowest BCUT2D eigenvalue weighted by atomic mass is 10.1. The van der Waals surface area contributed by atoms with Gasteiger partial charge in [0.05, 0.1) is 12.5 Å². The molecule has 2 amide bonds. The van der Waals surface area contributed by atoms with Gasteiger partial charge in [-0.1, -0.05) is 13.8 Å². The van der Waals surface area contributed by atoms with Gasteiger partial charge in [0.15, 0.2) is 0 Å². The molecule has 0 aromatic rings. The molecule has 0 aromatic carbocycles. The molecule has 1 saturated heterocycles. The van der Waals surface area contributed by atoms with Crippen LogP contribution in [-0.2, 0) is 14.3 Å². The van der Waals surface area contributed by atoms with Crippen LogP contribution in [0.4, 0.5) is 4.79 Å². The first-order valence-electron chi connectivity index (χ1n) is 7.91. The number of nitrogens with one attached hydrogen (secondary N) is 1. The molecule has 1 unspecified atom stereocenters. The molecular weight excluding hydrogens is 304 g/mol. The van der Waals surface area contributed by atoms with Crippen LogP contribution in [0.5, 0.6) is 0 Å². The first-order valence-corrected chi connectivity index (χ1v) is 7.91. The summed E-state index contributed by atoms with van der Waals surface area (Å²) in [5.41, 5.74) is 0. The molecule has 8 nitrogen and oxygen atoms in total. The van der Waals surface area contributed by atoms with Gasteiger partial charge in [0.25, 0.3) is 0 Å². The minimum Gasteiger partial charge on any atom is -0.481 e. The van der Waals surface area contributed by atoms with Crippen molar-refractivity contribution in [1.82, 2.24) is 10.2 Å². The lowest BCUT2D eigenvalue weighted by Crippen LogP contribution is -2.50. The van der Waals surface area contributed by atoms with Crippen LogP contribution >= 0.6 is 0 Å². The van der Waals surface area contributed by atoms with Gasteiger partial charge in [-0.3, -0.25) is 4.79 Å². The van der Waals surface area contributed by atoms with E-state index < -0.39 is 24.0 Å². The van der Waals surface area contributed by atoms with E-state index in [-0.39, 0.29) is 31.4 Å². The average molecular weight is 330 g/mol. The number of hydrogen-bond acceptors (Lipinski definition) is 4. The molecule has 1 aliphatic rings. The van der Waals surface area contributed by atoms with E-state index in [1.54, 1.807) is 0 Å². The van der Waals surface area contributed by atoms with Crippen LogP contribution in [-0.4, -0.2) is 64.9 Å². The third kappa shape index (κ3) is 7.32. The van der Waals surface area contributed by atoms with Crippen molar-refractivity contribution in [2.75, 3.05) is 19.7 Å². The predicted molar refractivity (Wildman–Crippen MR) is 82.2 cm³/mol. The number of hydrogen-bond donors (Lipinski definition) is 3. The number of urea groups is 1. The second-order valence-corrected chi connectivity index (χ2v) is 6.19. The summed E-state index contributed by atoms with van der Waals surface area (Å²) in [5, 5.41) is 20.5. The standard InChI is InChI=1S/C15H26N2O6/c1-10(2)9-17(6-5-13(18)19)15(22)16-12(14(20)21)8-11-4-3-7-23-11/h10-12H,3-9H2,1-2H3,(H,16,22)(H,18,19)(H,20,21)/t11?,12-/m0/s1. The van der Waals surface area contributed by atoms with E-state index in [9.17, 15) is 19.5 Å². The van der Waals surface area contributed by atoms with E-state index in [1.165, 1.54) is 4.90 Å². The van der Waals surface area contributed by atoms with Gasteiger partial charge >= 0.3 is 18.0 Å². The highest BCUT2D eigenvalue weighted by atomic mass is 16.5. The third-order valence-electron chi connectivity index (χ3n) is 3.59. The van der Waals surface area contributed by atoms with Gasteiger partial charge in [-0.15, -0.1) is 0 Å². The Labute approximate surface area is 135 Å². The summed E-state index contributed by atoms with van der Waals surface area (Å²) < 4.78 is 5.41. The summed E-state index contributed by atoms with van der Waals surface area (Å²) in [7, 11) is 0. The average Bonchev–Trinajstić information content (AvgIpc) is 2.94.